The Morgan fingerprint density at radius 1 is 1.03 bits per heavy atom. The van der Waals surface area contributed by atoms with Crippen molar-refractivity contribution >= 4 is 18.0 Å². The van der Waals surface area contributed by atoms with E-state index in [1.165, 1.54) is 5.57 Å². The van der Waals surface area contributed by atoms with Crippen molar-refractivity contribution in [1.29, 1.82) is 0 Å². The van der Waals surface area contributed by atoms with Gasteiger partial charge in [-0.1, -0.05) is 53.2 Å². The first-order chi connectivity index (χ1) is 16.3. The Morgan fingerprint density at radius 2 is 1.74 bits per heavy atom. The third kappa shape index (κ3) is 3.00. The Morgan fingerprint density at radius 3 is 2.40 bits per heavy atom. The maximum Gasteiger partial charge on any atom is 0.312 e. The van der Waals surface area contributed by atoms with E-state index in [1.54, 1.807) is 7.11 Å². The molecule has 4 fully saturated rings. The van der Waals surface area contributed by atoms with Crippen molar-refractivity contribution in [1.82, 2.24) is 0 Å². The number of rotatable bonds is 2. The van der Waals surface area contributed by atoms with Crippen molar-refractivity contribution in [3.63, 3.8) is 0 Å². The summed E-state index contributed by atoms with van der Waals surface area (Å²) in [6.07, 6.45) is 12.3. The van der Waals surface area contributed by atoms with Crippen LogP contribution in [0.25, 0.3) is 0 Å². The Kier molecular flexibility index (Phi) is 5.60. The van der Waals surface area contributed by atoms with E-state index >= 15 is 0 Å². The zero-order chi connectivity index (χ0) is 25.6. The lowest BCUT2D eigenvalue weighted by Crippen LogP contribution is -2.65. The molecule has 0 spiro atoms. The fourth-order valence-corrected chi connectivity index (χ4v) is 10.8. The molecule has 0 saturated heterocycles. The number of ether oxygens (including phenoxy) is 1. The van der Waals surface area contributed by atoms with Gasteiger partial charge in [0.05, 0.1) is 18.4 Å². The number of aldehydes is 1. The first-order valence-electron chi connectivity index (χ1n) is 14.1. The van der Waals surface area contributed by atoms with Gasteiger partial charge in [-0.05, 0) is 97.7 Å². The molecule has 4 heteroatoms. The normalized spacial score (nSPS) is 50.5. The second-order valence-corrected chi connectivity index (χ2v) is 14.4. The topological polar surface area (TPSA) is 60.4 Å². The number of hydrogen-bond donors (Lipinski definition) is 0. The molecular weight excluding hydrogens is 436 g/mol. The summed E-state index contributed by atoms with van der Waals surface area (Å²) in [6, 6.07) is 0. The lowest BCUT2D eigenvalue weighted by Gasteiger charge is -2.70. The van der Waals surface area contributed by atoms with Gasteiger partial charge in [-0.15, -0.1) is 0 Å². The number of methoxy groups -OCH3 is 1. The molecule has 0 radical (unpaired) electrons. The van der Waals surface area contributed by atoms with Gasteiger partial charge in [-0.2, -0.15) is 0 Å². The lowest BCUT2D eigenvalue weighted by molar-refractivity contribution is -0.194. The van der Waals surface area contributed by atoms with Crippen LogP contribution in [0.4, 0.5) is 0 Å². The number of allylic oxidation sites excluding steroid dienone is 2. The molecule has 35 heavy (non-hydrogen) atoms. The van der Waals surface area contributed by atoms with E-state index in [-0.39, 0.29) is 39.3 Å². The first kappa shape index (κ1) is 25.2. The predicted molar refractivity (Wildman–Crippen MR) is 136 cm³/mol. The Hall–Kier alpha value is -1.45. The van der Waals surface area contributed by atoms with Crippen LogP contribution in [0.2, 0.25) is 0 Å². The van der Waals surface area contributed by atoms with E-state index in [4.69, 9.17) is 4.74 Å². The van der Waals surface area contributed by atoms with Gasteiger partial charge in [0.2, 0.25) is 0 Å². The fourth-order valence-electron chi connectivity index (χ4n) is 10.8. The summed E-state index contributed by atoms with van der Waals surface area (Å²) in [4.78, 5) is 38.5. The molecule has 0 N–H and O–H groups in total. The van der Waals surface area contributed by atoms with Gasteiger partial charge in [0.15, 0.2) is 0 Å². The molecule has 5 aliphatic carbocycles. The summed E-state index contributed by atoms with van der Waals surface area (Å²) < 4.78 is 5.44. The van der Waals surface area contributed by atoms with Gasteiger partial charge >= 0.3 is 5.97 Å². The second-order valence-electron chi connectivity index (χ2n) is 14.4. The van der Waals surface area contributed by atoms with Crippen molar-refractivity contribution in [2.75, 3.05) is 7.11 Å². The van der Waals surface area contributed by atoms with Crippen LogP contribution in [-0.2, 0) is 19.1 Å². The molecule has 194 valence electrons. The van der Waals surface area contributed by atoms with Crippen molar-refractivity contribution in [2.24, 2.45) is 56.7 Å². The molecular formula is C31H46O4. The summed E-state index contributed by atoms with van der Waals surface area (Å²) in [5, 5.41) is 0. The zero-order valence-electron chi connectivity index (χ0n) is 23.0. The average Bonchev–Trinajstić information content (AvgIpc) is 2.81. The maximum absolute atomic E-state index is 13.3. The summed E-state index contributed by atoms with van der Waals surface area (Å²) in [7, 11) is 1.56. The highest BCUT2D eigenvalue weighted by Crippen LogP contribution is 2.75. The number of esters is 1. The molecule has 5 rings (SSSR count). The maximum atomic E-state index is 13.3. The molecule has 0 aromatic carbocycles. The Balaban J connectivity index is 1.61. The van der Waals surface area contributed by atoms with Crippen LogP contribution >= 0.6 is 0 Å². The van der Waals surface area contributed by atoms with Crippen molar-refractivity contribution in [3.05, 3.63) is 11.6 Å². The number of fused-ring (bicyclic) bond motifs is 7. The second kappa shape index (κ2) is 7.78. The number of carbonyl (C=O) groups excluding carboxylic acids is 3. The summed E-state index contributed by atoms with van der Waals surface area (Å²) in [5.41, 5.74) is 0.785. The molecule has 0 amide bonds. The highest BCUT2D eigenvalue weighted by molar-refractivity contribution is 5.98. The third-order valence-corrected chi connectivity index (χ3v) is 12.9. The van der Waals surface area contributed by atoms with Gasteiger partial charge in [-0.3, -0.25) is 9.59 Å². The standard InChI is InChI=1S/C31H46O4/c1-19-10-13-31(26(34)35-7)15-14-29(5)21(22(31)16-19)8-9-24-28(4)17-20(18-32)25(33)27(2,3)23(28)11-12-30(24,29)6/h8,18-20,22-24H,9-17H2,1-7H3/t19?,20?,22?,23?,24?,28?,29-,30?,31+/m1/s1. The SMILES string of the molecule is COC(=O)[C@]12CCC(C)CC1C1=CCC3C4(C)CC(C=O)C(=O)C(C)(C)C4CCC3(C)[C@]1(C)CC2. The predicted octanol–water partition coefficient (Wildman–Crippen LogP) is 6.57. The van der Waals surface area contributed by atoms with E-state index in [1.807, 2.05) is 0 Å². The molecule has 4 saturated carbocycles. The van der Waals surface area contributed by atoms with Crippen molar-refractivity contribution in [3.8, 4) is 0 Å². The van der Waals surface area contributed by atoms with Crippen LogP contribution in [-0.4, -0.2) is 25.1 Å². The molecule has 0 aromatic heterocycles. The number of Topliss-reactive ketones (excluding diaryl/α,β-unsaturated/α-hetero) is 1. The van der Waals surface area contributed by atoms with Crippen LogP contribution in [0.1, 0.15) is 99.3 Å². The molecule has 0 bridgehead atoms. The highest BCUT2D eigenvalue weighted by atomic mass is 16.5. The third-order valence-electron chi connectivity index (χ3n) is 12.9. The van der Waals surface area contributed by atoms with Gasteiger partial charge in [-0.25, -0.2) is 0 Å². The van der Waals surface area contributed by atoms with E-state index in [0.29, 0.717) is 24.2 Å². The van der Waals surface area contributed by atoms with Crippen LogP contribution in [0.15, 0.2) is 11.6 Å². The number of hydrogen-bond acceptors (Lipinski definition) is 4. The van der Waals surface area contributed by atoms with E-state index in [2.05, 4.69) is 47.6 Å². The molecule has 4 nitrogen and oxygen atoms in total. The molecule has 5 aliphatic rings. The number of carbonyl (C=O) groups is 3. The quantitative estimate of drug-likeness (QED) is 0.193. The number of ketones is 1. The minimum atomic E-state index is -0.482. The van der Waals surface area contributed by atoms with Crippen LogP contribution < -0.4 is 0 Å². The van der Waals surface area contributed by atoms with Gasteiger partial charge in [0, 0.05) is 5.41 Å². The zero-order valence-corrected chi connectivity index (χ0v) is 23.0. The Bertz CT molecular complexity index is 978. The summed E-state index contributed by atoms with van der Waals surface area (Å²) in [5.74, 6) is 1.30. The molecule has 0 heterocycles. The fraction of sp³-hybridized carbons (Fsp3) is 0.839. The van der Waals surface area contributed by atoms with Crippen molar-refractivity contribution in [2.45, 2.75) is 99.3 Å². The van der Waals surface area contributed by atoms with Crippen LogP contribution in [0, 0.1) is 56.7 Å². The minimum Gasteiger partial charge on any atom is -0.469 e. The van der Waals surface area contributed by atoms with E-state index < -0.39 is 11.3 Å². The summed E-state index contributed by atoms with van der Waals surface area (Å²) in [6.45, 7) is 13.9. The summed E-state index contributed by atoms with van der Waals surface area (Å²) >= 11 is 0. The van der Waals surface area contributed by atoms with E-state index in [9.17, 15) is 14.4 Å². The van der Waals surface area contributed by atoms with E-state index in [0.717, 1.165) is 57.7 Å². The molecule has 0 aromatic rings. The average molecular weight is 483 g/mol. The van der Waals surface area contributed by atoms with Gasteiger partial charge in [0.1, 0.15) is 12.1 Å². The van der Waals surface area contributed by atoms with Gasteiger partial charge < -0.3 is 9.53 Å². The van der Waals surface area contributed by atoms with Crippen molar-refractivity contribution < 1.29 is 19.1 Å². The minimum absolute atomic E-state index is 0.00154. The monoisotopic (exact) mass is 482 g/mol. The van der Waals surface area contributed by atoms with Crippen LogP contribution in [0.5, 0.6) is 0 Å². The van der Waals surface area contributed by atoms with Crippen LogP contribution in [0.3, 0.4) is 0 Å². The molecule has 0 aliphatic heterocycles. The molecule has 7 unspecified atom stereocenters. The lowest BCUT2D eigenvalue weighted by atomic mass is 9.33. The first-order valence-corrected chi connectivity index (χ1v) is 14.1. The van der Waals surface area contributed by atoms with Gasteiger partial charge in [0.25, 0.3) is 0 Å². The Labute approximate surface area is 212 Å². The molecule has 9 atom stereocenters. The highest BCUT2D eigenvalue weighted by Gasteiger charge is 2.69. The largest absolute Gasteiger partial charge is 0.469 e. The smallest absolute Gasteiger partial charge is 0.312 e.